The molecule has 21 heavy (non-hydrogen) atoms. The Labute approximate surface area is 123 Å². The third kappa shape index (κ3) is 3.01. The average Bonchev–Trinajstić information content (AvgIpc) is 3.05. The van der Waals surface area contributed by atoms with Gasteiger partial charge in [0.25, 0.3) is 0 Å². The monoisotopic (exact) mass is 280 g/mol. The minimum Gasteiger partial charge on any atom is -0.423 e. The molecule has 0 bridgehead atoms. The molecule has 5 heteroatoms. The van der Waals surface area contributed by atoms with Crippen LogP contribution in [0.5, 0.6) is 0 Å². The molecule has 1 aliphatic rings. The lowest BCUT2D eigenvalue weighted by Gasteiger charge is -2.27. The van der Waals surface area contributed by atoms with E-state index in [0.717, 1.165) is 37.1 Å². The van der Waals surface area contributed by atoms with Gasteiger partial charge in [0, 0.05) is 18.7 Å². The Balaban J connectivity index is 1.94. The molecule has 1 aliphatic heterocycles. The van der Waals surface area contributed by atoms with Gasteiger partial charge >= 0.3 is 0 Å². The molecule has 0 saturated carbocycles. The molecule has 0 aliphatic carbocycles. The number of nitriles is 1. The maximum absolute atomic E-state index is 8.78. The van der Waals surface area contributed by atoms with Crippen molar-refractivity contribution in [2.75, 3.05) is 19.6 Å². The van der Waals surface area contributed by atoms with Gasteiger partial charge in [0.05, 0.1) is 12.6 Å². The fraction of sp³-hybridized carbons (Fsp3) is 0.312. The second-order valence-electron chi connectivity index (χ2n) is 5.02. The highest BCUT2D eigenvalue weighted by Gasteiger charge is 2.21. The smallest absolute Gasteiger partial charge is 0.247 e. The van der Waals surface area contributed by atoms with Gasteiger partial charge in [0.15, 0.2) is 0 Å². The van der Waals surface area contributed by atoms with Crippen molar-refractivity contribution in [1.82, 2.24) is 15.1 Å². The predicted octanol–water partition coefficient (Wildman–Crippen LogP) is 2.49. The quantitative estimate of drug-likeness (QED) is 0.808. The molecule has 0 unspecified atom stereocenters. The molecular formula is C16H16N4O. The van der Waals surface area contributed by atoms with E-state index in [1.54, 1.807) is 0 Å². The van der Waals surface area contributed by atoms with Crippen molar-refractivity contribution < 1.29 is 4.42 Å². The SMILES string of the molecule is N#CCN1CCC(=C(c2ccccc2)c2nnco2)CC1. The fourth-order valence-corrected chi connectivity index (χ4v) is 2.70. The number of rotatable bonds is 3. The maximum atomic E-state index is 8.78. The van der Waals surface area contributed by atoms with Crippen LogP contribution < -0.4 is 0 Å². The molecule has 0 amide bonds. The molecule has 5 nitrogen and oxygen atoms in total. The first kappa shape index (κ1) is 13.5. The van der Waals surface area contributed by atoms with Crippen LogP contribution in [0, 0.1) is 11.3 Å². The van der Waals surface area contributed by atoms with Gasteiger partial charge in [-0.05, 0) is 18.4 Å². The number of hydrogen-bond acceptors (Lipinski definition) is 5. The van der Waals surface area contributed by atoms with E-state index in [0.29, 0.717) is 12.4 Å². The molecular weight excluding hydrogens is 264 g/mol. The molecule has 1 aromatic carbocycles. The Kier molecular flexibility index (Phi) is 4.08. The lowest BCUT2D eigenvalue weighted by atomic mass is 9.93. The van der Waals surface area contributed by atoms with E-state index in [1.165, 1.54) is 12.0 Å². The van der Waals surface area contributed by atoms with Crippen LogP contribution >= 0.6 is 0 Å². The van der Waals surface area contributed by atoms with Crippen LogP contribution in [0.25, 0.3) is 5.57 Å². The Morgan fingerprint density at radius 1 is 1.24 bits per heavy atom. The molecule has 2 aromatic rings. The first-order valence-electron chi connectivity index (χ1n) is 7.02. The van der Waals surface area contributed by atoms with Crippen LogP contribution in [0.2, 0.25) is 0 Å². The molecule has 0 atom stereocenters. The van der Waals surface area contributed by atoms with E-state index in [1.807, 2.05) is 18.2 Å². The third-order valence-electron chi connectivity index (χ3n) is 3.74. The summed E-state index contributed by atoms with van der Waals surface area (Å²) in [5, 5.41) is 16.7. The lowest BCUT2D eigenvalue weighted by molar-refractivity contribution is 0.286. The Hall–Kier alpha value is -2.45. The van der Waals surface area contributed by atoms with Crippen molar-refractivity contribution in [1.29, 1.82) is 5.26 Å². The summed E-state index contributed by atoms with van der Waals surface area (Å²) in [4.78, 5) is 2.17. The summed E-state index contributed by atoms with van der Waals surface area (Å²) >= 11 is 0. The van der Waals surface area contributed by atoms with Crippen molar-refractivity contribution in [3.63, 3.8) is 0 Å². The highest BCUT2D eigenvalue weighted by molar-refractivity contribution is 5.78. The van der Waals surface area contributed by atoms with Gasteiger partial charge in [-0.15, -0.1) is 10.2 Å². The van der Waals surface area contributed by atoms with Gasteiger partial charge in [0.2, 0.25) is 12.3 Å². The van der Waals surface area contributed by atoms with Gasteiger partial charge in [-0.1, -0.05) is 35.9 Å². The van der Waals surface area contributed by atoms with E-state index in [9.17, 15) is 0 Å². The van der Waals surface area contributed by atoms with Crippen molar-refractivity contribution in [2.45, 2.75) is 12.8 Å². The molecule has 1 aromatic heterocycles. The standard InChI is InChI=1S/C16H16N4O/c17-8-11-20-9-6-14(7-10-20)15(16-19-18-12-21-16)13-4-2-1-3-5-13/h1-5,12H,6-7,9-11H2. The zero-order chi connectivity index (χ0) is 14.5. The van der Waals surface area contributed by atoms with Crippen LogP contribution in [0.4, 0.5) is 0 Å². The van der Waals surface area contributed by atoms with Crippen molar-refractivity contribution in [3.8, 4) is 6.07 Å². The number of aromatic nitrogens is 2. The fourth-order valence-electron chi connectivity index (χ4n) is 2.70. The minimum atomic E-state index is 0.495. The van der Waals surface area contributed by atoms with Crippen molar-refractivity contribution in [3.05, 3.63) is 53.8 Å². The number of likely N-dealkylation sites (tertiary alicyclic amines) is 1. The summed E-state index contributed by atoms with van der Waals surface area (Å²) in [6.07, 6.45) is 3.21. The highest BCUT2D eigenvalue weighted by atomic mass is 16.4. The molecule has 0 N–H and O–H groups in total. The first-order chi connectivity index (χ1) is 10.4. The van der Waals surface area contributed by atoms with E-state index in [-0.39, 0.29) is 0 Å². The maximum Gasteiger partial charge on any atom is 0.247 e. The zero-order valence-corrected chi connectivity index (χ0v) is 11.7. The molecule has 0 radical (unpaired) electrons. The summed E-state index contributed by atoms with van der Waals surface area (Å²) in [7, 11) is 0. The number of benzene rings is 1. The lowest BCUT2D eigenvalue weighted by Crippen LogP contribution is -2.31. The van der Waals surface area contributed by atoms with Crippen LogP contribution in [-0.2, 0) is 0 Å². The summed E-state index contributed by atoms with van der Waals surface area (Å²) < 4.78 is 5.43. The van der Waals surface area contributed by atoms with Crippen LogP contribution in [0.1, 0.15) is 24.3 Å². The van der Waals surface area contributed by atoms with Gasteiger partial charge in [-0.3, -0.25) is 4.90 Å². The normalized spacial score (nSPS) is 15.7. The first-order valence-corrected chi connectivity index (χ1v) is 7.02. The van der Waals surface area contributed by atoms with Gasteiger partial charge < -0.3 is 4.42 Å². The molecule has 106 valence electrons. The average molecular weight is 280 g/mol. The second kappa shape index (κ2) is 6.33. The second-order valence-corrected chi connectivity index (χ2v) is 5.02. The number of piperidine rings is 1. The molecule has 2 heterocycles. The van der Waals surface area contributed by atoms with Crippen molar-refractivity contribution >= 4 is 5.57 Å². The van der Waals surface area contributed by atoms with Crippen LogP contribution in [0.15, 0.2) is 46.7 Å². The van der Waals surface area contributed by atoms with Gasteiger partial charge in [-0.2, -0.15) is 5.26 Å². The van der Waals surface area contributed by atoms with Gasteiger partial charge in [-0.25, -0.2) is 0 Å². The van der Waals surface area contributed by atoms with E-state index >= 15 is 0 Å². The topological polar surface area (TPSA) is 66.0 Å². The minimum absolute atomic E-state index is 0.495. The Morgan fingerprint density at radius 3 is 2.62 bits per heavy atom. The van der Waals surface area contributed by atoms with E-state index in [2.05, 4.69) is 33.3 Å². The van der Waals surface area contributed by atoms with Gasteiger partial charge in [0.1, 0.15) is 0 Å². The zero-order valence-electron chi connectivity index (χ0n) is 11.7. The Bertz CT molecular complexity index is 645. The number of hydrogen-bond donors (Lipinski definition) is 0. The molecule has 1 fully saturated rings. The Morgan fingerprint density at radius 2 is 2.00 bits per heavy atom. The molecule has 1 saturated heterocycles. The predicted molar refractivity (Wildman–Crippen MR) is 78.0 cm³/mol. The van der Waals surface area contributed by atoms with E-state index < -0.39 is 0 Å². The number of nitrogens with zero attached hydrogens (tertiary/aromatic N) is 4. The molecule has 3 rings (SSSR count). The molecule has 0 spiro atoms. The summed E-state index contributed by atoms with van der Waals surface area (Å²) in [6, 6.07) is 12.4. The highest BCUT2D eigenvalue weighted by Crippen LogP contribution is 2.30. The van der Waals surface area contributed by atoms with E-state index in [4.69, 9.17) is 9.68 Å². The summed E-state index contributed by atoms with van der Waals surface area (Å²) in [5.74, 6) is 0.574. The van der Waals surface area contributed by atoms with Crippen molar-refractivity contribution in [2.24, 2.45) is 0 Å². The van der Waals surface area contributed by atoms with Crippen LogP contribution in [-0.4, -0.2) is 34.7 Å². The largest absolute Gasteiger partial charge is 0.423 e. The third-order valence-corrected chi connectivity index (χ3v) is 3.74. The summed E-state index contributed by atoms with van der Waals surface area (Å²) in [5.41, 5.74) is 3.47. The summed E-state index contributed by atoms with van der Waals surface area (Å²) in [6.45, 7) is 2.29. The van der Waals surface area contributed by atoms with Crippen LogP contribution in [0.3, 0.4) is 0 Å².